The van der Waals surface area contributed by atoms with E-state index >= 15 is 0 Å². The van der Waals surface area contributed by atoms with Crippen molar-refractivity contribution in [3.63, 3.8) is 0 Å². The monoisotopic (exact) mass is 476 g/mol. The van der Waals surface area contributed by atoms with E-state index in [0.29, 0.717) is 35.7 Å². The average molecular weight is 477 g/mol. The molecule has 1 amide bonds. The zero-order valence-corrected chi connectivity index (χ0v) is 20.3. The summed E-state index contributed by atoms with van der Waals surface area (Å²) in [5.74, 6) is -0.188. The lowest BCUT2D eigenvalue weighted by molar-refractivity contribution is -0.110. The number of sulfonamides is 1. The van der Waals surface area contributed by atoms with Gasteiger partial charge in [0, 0.05) is 30.0 Å². The number of anilines is 3. The van der Waals surface area contributed by atoms with Crippen molar-refractivity contribution < 1.29 is 13.2 Å². The SMILES string of the molecule is CN(C)CCN(c1cccc(NC(=C2C(=O)Nc3ccccc32)c2ccccc2)c1)S(C)(=O)=O. The minimum Gasteiger partial charge on any atom is -0.354 e. The van der Waals surface area contributed by atoms with Gasteiger partial charge in [-0.1, -0.05) is 54.6 Å². The maximum absolute atomic E-state index is 13.0. The summed E-state index contributed by atoms with van der Waals surface area (Å²) in [5.41, 5.74) is 4.86. The summed E-state index contributed by atoms with van der Waals surface area (Å²) in [6, 6.07) is 24.4. The molecule has 0 saturated carbocycles. The molecule has 0 spiro atoms. The van der Waals surface area contributed by atoms with Crippen molar-refractivity contribution in [1.82, 2.24) is 4.90 Å². The van der Waals surface area contributed by atoms with Crippen LogP contribution in [0.1, 0.15) is 11.1 Å². The highest BCUT2D eigenvalue weighted by Crippen LogP contribution is 2.37. The van der Waals surface area contributed by atoms with Crippen LogP contribution >= 0.6 is 0 Å². The Bertz CT molecular complexity index is 1330. The van der Waals surface area contributed by atoms with Crippen LogP contribution in [0.2, 0.25) is 0 Å². The number of hydrogen-bond donors (Lipinski definition) is 2. The van der Waals surface area contributed by atoms with Crippen molar-refractivity contribution in [2.45, 2.75) is 0 Å². The Labute approximate surface area is 200 Å². The number of carbonyl (C=O) groups excluding carboxylic acids is 1. The molecule has 0 unspecified atom stereocenters. The highest BCUT2D eigenvalue weighted by atomic mass is 32.2. The second-order valence-corrected chi connectivity index (χ2v) is 10.3. The molecule has 7 nitrogen and oxygen atoms in total. The smallest absolute Gasteiger partial charge is 0.258 e. The van der Waals surface area contributed by atoms with E-state index in [-0.39, 0.29) is 5.91 Å². The van der Waals surface area contributed by atoms with Crippen LogP contribution < -0.4 is 14.9 Å². The van der Waals surface area contributed by atoms with Gasteiger partial charge in [0.1, 0.15) is 0 Å². The summed E-state index contributed by atoms with van der Waals surface area (Å²) in [6.45, 7) is 0.915. The molecule has 0 aliphatic carbocycles. The molecule has 34 heavy (non-hydrogen) atoms. The summed E-state index contributed by atoms with van der Waals surface area (Å²) in [7, 11) is 0.335. The first-order valence-electron chi connectivity index (χ1n) is 10.9. The van der Waals surface area contributed by atoms with Crippen molar-refractivity contribution in [3.8, 4) is 0 Å². The highest BCUT2D eigenvalue weighted by Gasteiger charge is 2.28. The van der Waals surface area contributed by atoms with E-state index in [1.807, 2.05) is 79.7 Å². The van der Waals surface area contributed by atoms with Gasteiger partial charge >= 0.3 is 0 Å². The van der Waals surface area contributed by atoms with E-state index in [2.05, 4.69) is 10.6 Å². The third-order valence-corrected chi connectivity index (χ3v) is 6.73. The van der Waals surface area contributed by atoms with Crippen LogP contribution in [0.5, 0.6) is 0 Å². The van der Waals surface area contributed by atoms with Crippen molar-refractivity contribution in [3.05, 3.63) is 90.0 Å². The van der Waals surface area contributed by atoms with Crippen molar-refractivity contribution in [1.29, 1.82) is 0 Å². The number of fused-ring (bicyclic) bond motifs is 1. The van der Waals surface area contributed by atoms with Gasteiger partial charge in [-0.05, 0) is 43.9 Å². The molecule has 0 atom stereocenters. The summed E-state index contributed by atoms with van der Waals surface area (Å²) >= 11 is 0. The van der Waals surface area contributed by atoms with Gasteiger partial charge in [0.15, 0.2) is 0 Å². The average Bonchev–Trinajstić information content (AvgIpc) is 3.13. The lowest BCUT2D eigenvalue weighted by Gasteiger charge is -2.25. The molecular formula is C26H28N4O3S. The van der Waals surface area contributed by atoms with E-state index in [1.54, 1.807) is 18.2 Å². The Hall–Kier alpha value is -3.62. The van der Waals surface area contributed by atoms with Crippen molar-refractivity contribution in [2.24, 2.45) is 0 Å². The van der Waals surface area contributed by atoms with E-state index < -0.39 is 10.0 Å². The highest BCUT2D eigenvalue weighted by molar-refractivity contribution is 7.92. The number of benzene rings is 3. The van der Waals surface area contributed by atoms with Crippen LogP contribution in [0.3, 0.4) is 0 Å². The molecule has 3 aromatic rings. The Kier molecular flexibility index (Phi) is 6.72. The molecule has 1 heterocycles. The Morgan fingerprint density at radius 2 is 1.62 bits per heavy atom. The van der Waals surface area contributed by atoms with E-state index in [4.69, 9.17) is 0 Å². The zero-order chi connectivity index (χ0) is 24.3. The topological polar surface area (TPSA) is 81.8 Å². The van der Waals surface area contributed by atoms with Crippen LogP contribution in [0.25, 0.3) is 11.3 Å². The summed E-state index contributed by atoms with van der Waals surface area (Å²) in [4.78, 5) is 14.9. The normalized spacial score (nSPS) is 14.5. The number of amides is 1. The molecule has 2 N–H and O–H groups in total. The molecule has 0 bridgehead atoms. The quantitative estimate of drug-likeness (QED) is 0.481. The lowest BCUT2D eigenvalue weighted by Crippen LogP contribution is -2.36. The first kappa shape index (κ1) is 23.5. The fourth-order valence-electron chi connectivity index (χ4n) is 3.91. The summed E-state index contributed by atoms with van der Waals surface area (Å²) in [6.07, 6.45) is 1.21. The number of hydrogen-bond acceptors (Lipinski definition) is 5. The number of nitrogens with one attached hydrogen (secondary N) is 2. The standard InChI is InChI=1S/C26H28N4O3S/c1-29(2)16-17-30(34(3,32)33)21-13-9-12-20(18-21)27-25(19-10-5-4-6-11-19)24-22-14-7-8-15-23(22)28-26(24)31/h4-15,18,27H,16-17H2,1-3H3,(H,28,31). The van der Waals surface area contributed by atoms with Crippen LogP contribution in [0, 0.1) is 0 Å². The van der Waals surface area contributed by atoms with Crippen LogP contribution in [0.4, 0.5) is 17.1 Å². The van der Waals surface area contributed by atoms with Gasteiger partial charge in [0.2, 0.25) is 10.0 Å². The van der Waals surface area contributed by atoms with Gasteiger partial charge in [-0.2, -0.15) is 0 Å². The lowest BCUT2D eigenvalue weighted by atomic mass is 10.00. The van der Waals surface area contributed by atoms with Crippen molar-refractivity contribution in [2.75, 3.05) is 48.4 Å². The number of likely N-dealkylation sites (N-methyl/N-ethyl adjacent to an activating group) is 1. The predicted octanol–water partition coefficient (Wildman–Crippen LogP) is 3.95. The van der Waals surface area contributed by atoms with Crippen LogP contribution in [0.15, 0.2) is 78.9 Å². The van der Waals surface area contributed by atoms with E-state index in [0.717, 1.165) is 16.8 Å². The van der Waals surface area contributed by atoms with Gasteiger partial charge in [0.05, 0.1) is 23.2 Å². The zero-order valence-electron chi connectivity index (χ0n) is 19.4. The molecule has 1 aliphatic heterocycles. The van der Waals surface area contributed by atoms with Gasteiger partial charge < -0.3 is 15.5 Å². The fraction of sp³-hybridized carbons (Fsp3) is 0.192. The molecule has 0 saturated heterocycles. The molecule has 176 valence electrons. The van der Waals surface area contributed by atoms with Gasteiger partial charge in [-0.3, -0.25) is 9.10 Å². The molecule has 4 rings (SSSR count). The molecular weight excluding hydrogens is 448 g/mol. The number of para-hydroxylation sites is 1. The largest absolute Gasteiger partial charge is 0.354 e. The van der Waals surface area contributed by atoms with Crippen LogP contribution in [-0.4, -0.2) is 52.7 Å². The molecule has 1 aliphatic rings. The number of carbonyl (C=O) groups is 1. The maximum Gasteiger partial charge on any atom is 0.258 e. The van der Waals surface area contributed by atoms with Crippen LogP contribution in [-0.2, 0) is 14.8 Å². The van der Waals surface area contributed by atoms with E-state index in [9.17, 15) is 13.2 Å². The Morgan fingerprint density at radius 3 is 2.32 bits per heavy atom. The molecule has 0 fully saturated rings. The number of nitrogens with zero attached hydrogens (tertiary/aromatic N) is 2. The minimum atomic E-state index is -3.47. The van der Waals surface area contributed by atoms with Crippen molar-refractivity contribution >= 4 is 44.3 Å². The minimum absolute atomic E-state index is 0.188. The summed E-state index contributed by atoms with van der Waals surface area (Å²) < 4.78 is 26.4. The molecule has 3 aromatic carbocycles. The predicted molar refractivity (Wildman–Crippen MR) is 139 cm³/mol. The maximum atomic E-state index is 13.0. The van der Waals surface area contributed by atoms with Gasteiger partial charge in [0.25, 0.3) is 5.91 Å². The van der Waals surface area contributed by atoms with E-state index in [1.165, 1.54) is 10.6 Å². The fourth-order valence-corrected chi connectivity index (χ4v) is 4.82. The first-order chi connectivity index (χ1) is 16.2. The Balaban J connectivity index is 1.78. The Morgan fingerprint density at radius 1 is 0.912 bits per heavy atom. The second kappa shape index (κ2) is 9.70. The van der Waals surface area contributed by atoms with Gasteiger partial charge in [-0.25, -0.2) is 8.42 Å². The van der Waals surface area contributed by atoms with Gasteiger partial charge in [-0.15, -0.1) is 0 Å². The first-order valence-corrected chi connectivity index (χ1v) is 12.8. The third kappa shape index (κ3) is 5.13. The third-order valence-electron chi connectivity index (χ3n) is 5.54. The molecule has 0 radical (unpaired) electrons. The number of rotatable bonds is 8. The second-order valence-electron chi connectivity index (χ2n) is 8.43. The molecule has 0 aromatic heterocycles. The summed E-state index contributed by atoms with van der Waals surface area (Å²) in [5, 5.41) is 6.34. The molecule has 8 heteroatoms.